The summed E-state index contributed by atoms with van der Waals surface area (Å²) in [5, 5.41) is 7.43. The number of hydrogen-bond acceptors (Lipinski definition) is 5. The van der Waals surface area contributed by atoms with Gasteiger partial charge in [-0.2, -0.15) is 0 Å². The summed E-state index contributed by atoms with van der Waals surface area (Å²) in [6.07, 6.45) is 0. The Bertz CT molecular complexity index is 665. The highest BCUT2D eigenvalue weighted by molar-refractivity contribution is 6.30. The smallest absolute Gasteiger partial charge is 0.274 e. The first kappa shape index (κ1) is 15.8. The van der Waals surface area contributed by atoms with Gasteiger partial charge in [0.1, 0.15) is 0 Å². The van der Waals surface area contributed by atoms with Crippen molar-refractivity contribution in [1.82, 2.24) is 10.5 Å². The molecule has 1 aliphatic rings. The molecule has 2 aromatic rings. The van der Waals surface area contributed by atoms with Crippen molar-refractivity contribution in [1.29, 1.82) is 0 Å². The van der Waals surface area contributed by atoms with Crippen LogP contribution in [0.4, 0.5) is 5.88 Å². The number of benzene rings is 1. The van der Waals surface area contributed by atoms with Gasteiger partial charge in [0, 0.05) is 24.2 Å². The highest BCUT2D eigenvalue weighted by Gasteiger charge is 2.20. The fourth-order valence-corrected chi connectivity index (χ4v) is 2.54. The molecule has 7 heteroatoms. The highest BCUT2D eigenvalue weighted by Crippen LogP contribution is 2.19. The molecule has 1 aromatic carbocycles. The largest absolute Gasteiger partial charge is 0.378 e. The molecule has 122 valence electrons. The van der Waals surface area contributed by atoms with Crippen molar-refractivity contribution in [3.05, 3.63) is 46.6 Å². The molecule has 1 N–H and O–H groups in total. The van der Waals surface area contributed by atoms with E-state index in [0.29, 0.717) is 24.1 Å². The summed E-state index contributed by atoms with van der Waals surface area (Å²) in [5.74, 6) is 0.327. The first-order chi connectivity index (χ1) is 11.1. The maximum absolute atomic E-state index is 12.3. The average molecular weight is 336 g/mol. The van der Waals surface area contributed by atoms with Crippen molar-refractivity contribution < 1.29 is 14.1 Å². The number of aromatic nitrogens is 1. The number of nitrogens with zero attached hydrogens (tertiary/aromatic N) is 2. The van der Waals surface area contributed by atoms with Gasteiger partial charge in [-0.1, -0.05) is 28.9 Å². The Morgan fingerprint density at radius 1 is 1.30 bits per heavy atom. The number of amides is 1. The second kappa shape index (κ2) is 7.02. The van der Waals surface area contributed by atoms with Crippen LogP contribution in [0.2, 0.25) is 5.02 Å². The number of carbonyl (C=O) groups is 1. The Balaban J connectivity index is 1.63. The summed E-state index contributed by atoms with van der Waals surface area (Å²) in [6.45, 7) is 4.67. The van der Waals surface area contributed by atoms with E-state index in [0.717, 1.165) is 18.7 Å². The van der Waals surface area contributed by atoms with Gasteiger partial charge in [0.05, 0.1) is 19.3 Å². The summed E-state index contributed by atoms with van der Waals surface area (Å²) in [4.78, 5) is 14.3. The number of halogens is 1. The van der Waals surface area contributed by atoms with Crippen LogP contribution >= 0.6 is 11.6 Å². The third-order valence-electron chi connectivity index (χ3n) is 3.77. The van der Waals surface area contributed by atoms with Crippen molar-refractivity contribution >= 4 is 23.4 Å². The molecule has 3 rings (SSSR count). The molecular formula is C16H18ClN3O3. The number of morpholine rings is 1. The highest BCUT2D eigenvalue weighted by atomic mass is 35.5. The molecule has 0 bridgehead atoms. The molecule has 0 radical (unpaired) electrons. The molecule has 23 heavy (non-hydrogen) atoms. The van der Waals surface area contributed by atoms with Gasteiger partial charge >= 0.3 is 0 Å². The molecule has 1 aromatic heterocycles. The van der Waals surface area contributed by atoms with E-state index in [9.17, 15) is 4.79 Å². The number of ether oxygens (including phenoxy) is 1. The van der Waals surface area contributed by atoms with Crippen molar-refractivity contribution in [3.63, 3.8) is 0 Å². The van der Waals surface area contributed by atoms with E-state index in [-0.39, 0.29) is 17.6 Å². The van der Waals surface area contributed by atoms with Crippen molar-refractivity contribution in [2.45, 2.75) is 13.0 Å². The zero-order valence-electron chi connectivity index (χ0n) is 12.8. The van der Waals surface area contributed by atoms with Gasteiger partial charge in [-0.3, -0.25) is 4.79 Å². The van der Waals surface area contributed by atoms with Crippen LogP contribution < -0.4 is 10.2 Å². The number of hydrogen-bond donors (Lipinski definition) is 1. The van der Waals surface area contributed by atoms with E-state index in [1.807, 2.05) is 24.0 Å². The molecule has 0 unspecified atom stereocenters. The quantitative estimate of drug-likeness (QED) is 0.930. The zero-order valence-corrected chi connectivity index (χ0v) is 13.5. The first-order valence-corrected chi connectivity index (χ1v) is 7.87. The topological polar surface area (TPSA) is 67.6 Å². The van der Waals surface area contributed by atoms with Crippen LogP contribution in [-0.4, -0.2) is 37.4 Å². The minimum Gasteiger partial charge on any atom is -0.378 e. The normalized spacial score (nSPS) is 16.2. The second-order valence-corrected chi connectivity index (χ2v) is 5.83. The van der Waals surface area contributed by atoms with Crippen molar-refractivity contribution in [2.24, 2.45) is 0 Å². The van der Waals surface area contributed by atoms with Gasteiger partial charge < -0.3 is 19.5 Å². The number of rotatable bonds is 4. The van der Waals surface area contributed by atoms with Crippen LogP contribution in [0.25, 0.3) is 0 Å². The third-order valence-corrected chi connectivity index (χ3v) is 4.02. The molecule has 1 atom stereocenters. The lowest BCUT2D eigenvalue weighted by molar-refractivity contribution is 0.0930. The fourth-order valence-electron chi connectivity index (χ4n) is 2.41. The monoisotopic (exact) mass is 335 g/mol. The van der Waals surface area contributed by atoms with E-state index >= 15 is 0 Å². The molecule has 2 heterocycles. The molecule has 0 saturated carbocycles. The zero-order chi connectivity index (χ0) is 16.2. The SMILES string of the molecule is C[C@H](NC(=O)c1cc(N2CCOCC2)on1)c1ccc(Cl)cc1. The van der Waals surface area contributed by atoms with E-state index in [1.165, 1.54) is 0 Å². The summed E-state index contributed by atoms with van der Waals surface area (Å²) < 4.78 is 10.6. The van der Waals surface area contributed by atoms with Crippen LogP contribution in [0.15, 0.2) is 34.9 Å². The van der Waals surface area contributed by atoms with E-state index < -0.39 is 0 Å². The predicted molar refractivity (Wildman–Crippen MR) is 86.9 cm³/mol. The third kappa shape index (κ3) is 3.83. The predicted octanol–water partition coefficient (Wildman–Crippen LogP) is 2.66. The van der Waals surface area contributed by atoms with Crippen LogP contribution in [0.3, 0.4) is 0 Å². The lowest BCUT2D eigenvalue weighted by Crippen LogP contribution is -2.35. The van der Waals surface area contributed by atoms with Gasteiger partial charge in [0.15, 0.2) is 5.69 Å². The molecule has 6 nitrogen and oxygen atoms in total. The number of carbonyl (C=O) groups excluding carboxylic acids is 1. The molecule has 1 amide bonds. The van der Waals surface area contributed by atoms with Gasteiger partial charge in [0.25, 0.3) is 5.91 Å². The summed E-state index contributed by atoms with van der Waals surface area (Å²) in [7, 11) is 0. The molecular weight excluding hydrogens is 318 g/mol. The van der Waals surface area contributed by atoms with Crippen molar-refractivity contribution in [3.8, 4) is 0 Å². The molecule has 1 fully saturated rings. The van der Waals surface area contributed by atoms with Gasteiger partial charge in [0.2, 0.25) is 5.88 Å². The van der Waals surface area contributed by atoms with E-state index in [2.05, 4.69) is 10.5 Å². The van der Waals surface area contributed by atoms with Gasteiger partial charge in [-0.05, 0) is 24.6 Å². The Morgan fingerprint density at radius 3 is 2.70 bits per heavy atom. The number of nitrogens with one attached hydrogen (secondary N) is 1. The Morgan fingerprint density at radius 2 is 2.00 bits per heavy atom. The van der Waals surface area contributed by atoms with Crippen LogP contribution in [-0.2, 0) is 4.74 Å². The second-order valence-electron chi connectivity index (χ2n) is 5.40. The maximum atomic E-state index is 12.3. The molecule has 1 aliphatic heterocycles. The van der Waals surface area contributed by atoms with Gasteiger partial charge in [-0.25, -0.2) is 0 Å². The first-order valence-electron chi connectivity index (χ1n) is 7.49. The fraction of sp³-hybridized carbons (Fsp3) is 0.375. The van der Waals surface area contributed by atoms with Crippen LogP contribution in [0, 0.1) is 0 Å². The van der Waals surface area contributed by atoms with E-state index in [4.69, 9.17) is 20.9 Å². The summed E-state index contributed by atoms with van der Waals surface area (Å²) in [5.41, 5.74) is 1.24. The van der Waals surface area contributed by atoms with Crippen molar-refractivity contribution in [2.75, 3.05) is 31.2 Å². The number of anilines is 1. The average Bonchev–Trinajstić information content (AvgIpc) is 3.06. The lowest BCUT2D eigenvalue weighted by Gasteiger charge is -2.25. The molecule has 0 spiro atoms. The summed E-state index contributed by atoms with van der Waals surface area (Å²) >= 11 is 5.87. The van der Waals surface area contributed by atoms with E-state index in [1.54, 1.807) is 18.2 Å². The maximum Gasteiger partial charge on any atom is 0.274 e. The summed E-state index contributed by atoms with van der Waals surface area (Å²) in [6, 6.07) is 8.88. The van der Waals surface area contributed by atoms with Gasteiger partial charge in [-0.15, -0.1) is 0 Å². The van der Waals surface area contributed by atoms with Crippen LogP contribution in [0.1, 0.15) is 29.0 Å². The Hall–Kier alpha value is -2.05. The Labute approximate surface area is 139 Å². The molecule has 0 aliphatic carbocycles. The van der Waals surface area contributed by atoms with Crippen LogP contribution in [0.5, 0.6) is 0 Å². The Kier molecular flexibility index (Phi) is 4.83. The lowest BCUT2D eigenvalue weighted by atomic mass is 10.1. The minimum atomic E-state index is -0.268. The standard InChI is InChI=1S/C16H18ClN3O3/c1-11(12-2-4-13(17)5-3-12)18-16(21)14-10-15(23-19-14)20-6-8-22-9-7-20/h2-5,10-11H,6-9H2,1H3,(H,18,21)/t11-/m0/s1. The molecule has 1 saturated heterocycles. The minimum absolute atomic E-state index is 0.150.